The summed E-state index contributed by atoms with van der Waals surface area (Å²) in [6.45, 7) is 0. The van der Waals surface area contributed by atoms with E-state index in [2.05, 4.69) is 15.3 Å². The first-order chi connectivity index (χ1) is 13.2. The summed E-state index contributed by atoms with van der Waals surface area (Å²) in [7, 11) is 0. The molecule has 0 spiro atoms. The number of rotatable bonds is 5. The molecule has 3 N–H and O–H groups in total. The summed E-state index contributed by atoms with van der Waals surface area (Å²) < 4.78 is 38.9. The van der Waals surface area contributed by atoms with Crippen molar-refractivity contribution in [2.75, 3.05) is 11.1 Å². The predicted molar refractivity (Wildman–Crippen MR) is 98.0 cm³/mol. The second kappa shape index (κ2) is 7.64. The quantitative estimate of drug-likeness (QED) is 0.423. The van der Waals surface area contributed by atoms with Gasteiger partial charge in [-0.25, -0.2) is 9.78 Å². The van der Waals surface area contributed by atoms with Gasteiger partial charge in [-0.3, -0.25) is 9.59 Å². The number of carboxylic acid groups (broad SMARTS) is 1. The number of alkyl halides is 3. The molecule has 2 aromatic heterocycles. The van der Waals surface area contributed by atoms with Crippen LogP contribution in [0.4, 0.5) is 18.9 Å². The van der Waals surface area contributed by atoms with E-state index in [9.17, 15) is 27.6 Å². The van der Waals surface area contributed by atoms with Gasteiger partial charge in [-0.1, -0.05) is 23.9 Å². The molecule has 0 saturated carbocycles. The lowest BCUT2D eigenvalue weighted by molar-refractivity contribution is -0.137. The third-order valence-electron chi connectivity index (χ3n) is 3.50. The van der Waals surface area contributed by atoms with Crippen LogP contribution in [0.5, 0.6) is 0 Å². The number of nitrogens with zero attached hydrogens (tertiary/aromatic N) is 1. The molecule has 0 unspecified atom stereocenters. The minimum absolute atomic E-state index is 0.0514. The van der Waals surface area contributed by atoms with Crippen molar-refractivity contribution in [3.8, 4) is 0 Å². The van der Waals surface area contributed by atoms with Gasteiger partial charge in [0.1, 0.15) is 4.83 Å². The zero-order valence-corrected chi connectivity index (χ0v) is 15.3. The number of carbonyl (C=O) groups excluding carboxylic acids is 1. The van der Waals surface area contributed by atoms with E-state index in [1.807, 2.05) is 0 Å². The fraction of sp³-hybridized carbons (Fsp3) is 0.125. The highest BCUT2D eigenvalue weighted by Gasteiger charge is 2.33. The number of aromatic carboxylic acids is 1. The number of nitrogens with one attached hydrogen (secondary N) is 2. The average Bonchev–Trinajstić information content (AvgIpc) is 3.04. The molecule has 146 valence electrons. The van der Waals surface area contributed by atoms with E-state index in [-0.39, 0.29) is 32.4 Å². The Labute approximate surface area is 162 Å². The maximum atomic E-state index is 13.0. The number of H-pyrrole nitrogens is 1. The first-order valence-corrected chi connectivity index (χ1v) is 9.37. The minimum atomic E-state index is -4.62. The molecule has 3 aromatic rings. The smallest absolute Gasteiger partial charge is 0.418 e. The van der Waals surface area contributed by atoms with E-state index in [4.69, 9.17) is 5.11 Å². The monoisotopic (exact) mass is 429 g/mol. The van der Waals surface area contributed by atoms with Gasteiger partial charge in [-0.05, 0) is 12.1 Å². The van der Waals surface area contributed by atoms with Crippen LogP contribution in [-0.2, 0) is 11.0 Å². The summed E-state index contributed by atoms with van der Waals surface area (Å²) in [4.78, 5) is 41.8. The van der Waals surface area contributed by atoms with E-state index in [0.29, 0.717) is 0 Å². The van der Waals surface area contributed by atoms with Gasteiger partial charge in [-0.15, -0.1) is 11.3 Å². The Kier molecular flexibility index (Phi) is 5.42. The van der Waals surface area contributed by atoms with Crippen molar-refractivity contribution in [3.63, 3.8) is 0 Å². The predicted octanol–water partition coefficient (Wildman–Crippen LogP) is 3.43. The van der Waals surface area contributed by atoms with Gasteiger partial charge in [0.25, 0.3) is 5.56 Å². The number of halogens is 3. The number of para-hydroxylation sites is 1. The number of aromatic amines is 1. The molecule has 0 fully saturated rings. The topological polar surface area (TPSA) is 112 Å². The van der Waals surface area contributed by atoms with Crippen molar-refractivity contribution in [1.29, 1.82) is 0 Å². The molecule has 0 aliphatic rings. The number of hydrogen-bond acceptors (Lipinski definition) is 6. The van der Waals surface area contributed by atoms with Gasteiger partial charge < -0.3 is 15.4 Å². The van der Waals surface area contributed by atoms with E-state index in [1.54, 1.807) is 0 Å². The lowest BCUT2D eigenvalue weighted by Crippen LogP contribution is -2.18. The molecule has 0 bridgehead atoms. The molecule has 0 aliphatic carbocycles. The minimum Gasteiger partial charge on any atom is -0.478 e. The molecule has 2 heterocycles. The van der Waals surface area contributed by atoms with Crippen molar-refractivity contribution in [2.24, 2.45) is 0 Å². The molecular weight excluding hydrogens is 419 g/mol. The third kappa shape index (κ3) is 4.17. The van der Waals surface area contributed by atoms with Crippen LogP contribution in [0.25, 0.3) is 10.2 Å². The summed E-state index contributed by atoms with van der Waals surface area (Å²) in [6, 6.07) is 4.56. The van der Waals surface area contributed by atoms with E-state index >= 15 is 0 Å². The molecule has 0 atom stereocenters. The Morgan fingerprint density at radius 3 is 2.68 bits per heavy atom. The number of carbonyl (C=O) groups is 2. The van der Waals surface area contributed by atoms with E-state index in [1.165, 1.54) is 17.5 Å². The number of carboxylic acids is 1. The second-order valence-electron chi connectivity index (χ2n) is 5.39. The molecule has 1 amide bonds. The maximum Gasteiger partial charge on any atom is 0.418 e. The Bertz CT molecular complexity index is 1120. The summed E-state index contributed by atoms with van der Waals surface area (Å²) >= 11 is 1.77. The van der Waals surface area contributed by atoms with Crippen molar-refractivity contribution < 1.29 is 27.9 Å². The molecule has 1 aromatic carbocycles. The molecule has 0 saturated heterocycles. The Balaban J connectivity index is 1.74. The number of aromatic nitrogens is 2. The van der Waals surface area contributed by atoms with Crippen molar-refractivity contribution in [2.45, 2.75) is 11.3 Å². The lowest BCUT2D eigenvalue weighted by Gasteiger charge is -2.13. The standard InChI is InChI=1S/C16H10F3N3O4S2/c17-16(18,19)8-3-1-2-4-9(8)20-10(23)6-28-15-21-12(24)11-7(14(25)26)5-27-13(11)22-15/h1-5H,6H2,(H,20,23)(H,25,26)(H,21,22,24). The first kappa shape index (κ1) is 19.9. The highest BCUT2D eigenvalue weighted by atomic mass is 32.2. The van der Waals surface area contributed by atoms with E-state index in [0.717, 1.165) is 35.2 Å². The Morgan fingerprint density at radius 2 is 2.00 bits per heavy atom. The summed E-state index contributed by atoms with van der Waals surface area (Å²) in [5, 5.41) is 12.5. The summed E-state index contributed by atoms with van der Waals surface area (Å²) in [5.41, 5.74) is -2.19. The fourth-order valence-electron chi connectivity index (χ4n) is 2.31. The SMILES string of the molecule is O=C(CSc1nc2scc(C(=O)O)c2c(=O)[nH]1)Nc1ccccc1C(F)(F)F. The number of anilines is 1. The van der Waals surface area contributed by atoms with Crippen LogP contribution in [-0.4, -0.2) is 32.7 Å². The molecule has 12 heteroatoms. The van der Waals surface area contributed by atoms with Crippen molar-refractivity contribution >= 4 is 50.9 Å². The van der Waals surface area contributed by atoms with Crippen molar-refractivity contribution in [3.05, 3.63) is 51.1 Å². The zero-order chi connectivity index (χ0) is 20.5. The van der Waals surface area contributed by atoms with Crippen LogP contribution in [0.2, 0.25) is 0 Å². The Hall–Kier alpha value is -2.86. The largest absolute Gasteiger partial charge is 0.478 e. The number of thiophene rings is 1. The molecule has 28 heavy (non-hydrogen) atoms. The molecule has 3 rings (SSSR count). The number of hydrogen-bond donors (Lipinski definition) is 3. The van der Waals surface area contributed by atoms with Crippen LogP contribution in [0.1, 0.15) is 15.9 Å². The second-order valence-corrected chi connectivity index (χ2v) is 7.21. The van der Waals surface area contributed by atoms with Gasteiger partial charge >= 0.3 is 12.1 Å². The van der Waals surface area contributed by atoms with Gasteiger partial charge in [0.15, 0.2) is 5.16 Å². The van der Waals surface area contributed by atoms with Crippen LogP contribution in [0.15, 0.2) is 39.6 Å². The van der Waals surface area contributed by atoms with Crippen LogP contribution >= 0.6 is 23.1 Å². The van der Waals surface area contributed by atoms with Crippen LogP contribution in [0, 0.1) is 0 Å². The number of thioether (sulfide) groups is 1. The summed E-state index contributed by atoms with van der Waals surface area (Å²) in [5.74, 6) is -2.29. The highest BCUT2D eigenvalue weighted by molar-refractivity contribution is 7.99. The molecular formula is C16H10F3N3O4S2. The number of amides is 1. The fourth-order valence-corrected chi connectivity index (χ4v) is 3.95. The molecule has 0 radical (unpaired) electrons. The lowest BCUT2D eigenvalue weighted by atomic mass is 10.1. The van der Waals surface area contributed by atoms with Gasteiger partial charge in [-0.2, -0.15) is 13.2 Å². The van der Waals surface area contributed by atoms with E-state index < -0.39 is 29.2 Å². The number of fused-ring (bicyclic) bond motifs is 1. The maximum absolute atomic E-state index is 13.0. The Morgan fingerprint density at radius 1 is 1.29 bits per heavy atom. The molecule has 7 nitrogen and oxygen atoms in total. The third-order valence-corrected chi connectivity index (χ3v) is 5.24. The van der Waals surface area contributed by atoms with Crippen LogP contribution in [0.3, 0.4) is 0 Å². The average molecular weight is 429 g/mol. The van der Waals surface area contributed by atoms with Crippen LogP contribution < -0.4 is 10.9 Å². The highest BCUT2D eigenvalue weighted by Crippen LogP contribution is 2.34. The normalized spacial score (nSPS) is 11.5. The first-order valence-electron chi connectivity index (χ1n) is 7.50. The number of benzene rings is 1. The van der Waals surface area contributed by atoms with Crippen molar-refractivity contribution in [1.82, 2.24) is 9.97 Å². The zero-order valence-electron chi connectivity index (χ0n) is 13.7. The van der Waals surface area contributed by atoms with Gasteiger partial charge in [0, 0.05) is 5.38 Å². The summed E-state index contributed by atoms with van der Waals surface area (Å²) in [6.07, 6.45) is -4.62. The van der Waals surface area contributed by atoms with Gasteiger partial charge in [0.05, 0.1) is 28.0 Å². The van der Waals surface area contributed by atoms with Gasteiger partial charge in [0.2, 0.25) is 5.91 Å². The molecule has 0 aliphatic heterocycles.